The molecule has 18 heavy (non-hydrogen) atoms. The van der Waals surface area contributed by atoms with Gasteiger partial charge in [0.2, 0.25) is 0 Å². The zero-order valence-electron chi connectivity index (χ0n) is 10.2. The maximum atomic E-state index is 11.6. The Bertz CT molecular complexity index is 446. The number of carbonyl (C=O) groups excluding carboxylic acids is 2. The molecule has 1 saturated heterocycles. The van der Waals surface area contributed by atoms with Crippen molar-refractivity contribution in [2.24, 2.45) is 0 Å². The van der Waals surface area contributed by atoms with Gasteiger partial charge in [0.1, 0.15) is 19.0 Å². The van der Waals surface area contributed by atoms with Crippen LogP contribution in [-0.2, 0) is 20.9 Å². The number of morpholine rings is 1. The molecule has 1 fully saturated rings. The summed E-state index contributed by atoms with van der Waals surface area (Å²) < 4.78 is 4.87. The molecule has 0 unspecified atom stereocenters. The van der Waals surface area contributed by atoms with Crippen molar-refractivity contribution in [3.63, 3.8) is 0 Å². The normalized spacial score (nSPS) is 15.9. The molecule has 0 aromatic carbocycles. The van der Waals surface area contributed by atoms with Crippen molar-refractivity contribution in [3.8, 4) is 0 Å². The lowest BCUT2D eigenvalue weighted by Gasteiger charge is -2.25. The number of aromatic nitrogens is 1. The summed E-state index contributed by atoms with van der Waals surface area (Å²) in [5.74, 6) is 0.0854. The molecule has 1 aliphatic rings. The Kier molecular flexibility index (Phi) is 3.88. The number of hydrogen-bond acceptors (Lipinski definition) is 5. The summed E-state index contributed by atoms with van der Waals surface area (Å²) in [6, 6.07) is 3.63. The van der Waals surface area contributed by atoms with Crippen LogP contribution < -0.4 is 5.32 Å². The first-order valence-corrected chi connectivity index (χ1v) is 5.81. The molecule has 2 rings (SSSR count). The first-order valence-electron chi connectivity index (χ1n) is 5.81. The van der Waals surface area contributed by atoms with Gasteiger partial charge in [0.25, 0.3) is 11.8 Å². The predicted molar refractivity (Wildman–Crippen MR) is 64.8 cm³/mol. The third-order valence-corrected chi connectivity index (χ3v) is 2.62. The second-order valence-corrected chi connectivity index (χ2v) is 3.91. The Morgan fingerprint density at radius 3 is 2.78 bits per heavy atom. The van der Waals surface area contributed by atoms with Crippen LogP contribution in [0, 0.1) is 0 Å². The molecule has 1 N–H and O–H groups in total. The zero-order valence-corrected chi connectivity index (χ0v) is 10.2. The van der Waals surface area contributed by atoms with Gasteiger partial charge in [0.05, 0.1) is 6.54 Å². The number of anilines is 1. The summed E-state index contributed by atoms with van der Waals surface area (Å²) in [5.41, 5.74) is 0.822. The summed E-state index contributed by atoms with van der Waals surface area (Å²) in [5, 5.41) is 3.10. The highest BCUT2D eigenvalue weighted by Gasteiger charge is 2.27. The van der Waals surface area contributed by atoms with Crippen LogP contribution in [0.5, 0.6) is 0 Å². The van der Waals surface area contributed by atoms with Crippen molar-refractivity contribution in [1.82, 2.24) is 9.88 Å². The van der Waals surface area contributed by atoms with Gasteiger partial charge >= 0.3 is 0 Å². The van der Waals surface area contributed by atoms with E-state index in [4.69, 9.17) is 4.74 Å². The molecule has 1 aromatic heterocycles. The van der Waals surface area contributed by atoms with E-state index in [-0.39, 0.29) is 31.6 Å². The Balaban J connectivity index is 2.17. The van der Waals surface area contributed by atoms with Crippen LogP contribution in [0.2, 0.25) is 0 Å². The Labute approximate surface area is 105 Å². The molecule has 1 aliphatic heterocycles. The summed E-state index contributed by atoms with van der Waals surface area (Å²) in [4.78, 5) is 28.6. The molecule has 2 heterocycles. The summed E-state index contributed by atoms with van der Waals surface area (Å²) >= 11 is 0. The van der Waals surface area contributed by atoms with E-state index in [1.54, 1.807) is 12.3 Å². The third kappa shape index (κ3) is 2.65. The molecule has 6 nitrogen and oxygen atoms in total. The molecule has 6 heteroatoms. The fourth-order valence-corrected chi connectivity index (χ4v) is 1.76. The van der Waals surface area contributed by atoms with Crippen LogP contribution in [0.1, 0.15) is 12.5 Å². The lowest BCUT2D eigenvalue weighted by atomic mass is 10.2. The summed E-state index contributed by atoms with van der Waals surface area (Å²) in [6.45, 7) is 2.85. The first kappa shape index (κ1) is 12.5. The highest BCUT2D eigenvalue weighted by atomic mass is 16.5. The number of hydrogen-bond donors (Lipinski definition) is 1. The average molecular weight is 249 g/mol. The van der Waals surface area contributed by atoms with Crippen LogP contribution in [0.15, 0.2) is 18.3 Å². The van der Waals surface area contributed by atoms with Gasteiger partial charge in [-0.15, -0.1) is 0 Å². The molecule has 2 amide bonds. The van der Waals surface area contributed by atoms with E-state index >= 15 is 0 Å². The van der Waals surface area contributed by atoms with E-state index in [9.17, 15) is 9.59 Å². The minimum atomic E-state index is -0.308. The maximum Gasteiger partial charge on any atom is 0.255 e. The number of amides is 2. The van der Waals surface area contributed by atoms with E-state index in [1.165, 1.54) is 4.90 Å². The second kappa shape index (κ2) is 5.59. The molecular weight excluding hydrogens is 234 g/mol. The SMILES string of the molecule is CCNc1ncccc1CN1C(=O)COCC1=O. The highest BCUT2D eigenvalue weighted by molar-refractivity contribution is 5.98. The van der Waals surface area contributed by atoms with E-state index in [2.05, 4.69) is 10.3 Å². The summed E-state index contributed by atoms with van der Waals surface area (Å²) in [6.07, 6.45) is 1.67. The van der Waals surface area contributed by atoms with Gasteiger partial charge in [-0.25, -0.2) is 4.98 Å². The fourth-order valence-electron chi connectivity index (χ4n) is 1.76. The van der Waals surface area contributed by atoms with E-state index < -0.39 is 0 Å². The second-order valence-electron chi connectivity index (χ2n) is 3.91. The smallest absolute Gasteiger partial charge is 0.255 e. The monoisotopic (exact) mass is 249 g/mol. The van der Waals surface area contributed by atoms with E-state index in [0.717, 1.165) is 12.1 Å². The highest BCUT2D eigenvalue weighted by Crippen LogP contribution is 2.15. The van der Waals surface area contributed by atoms with Gasteiger partial charge in [-0.05, 0) is 13.0 Å². The van der Waals surface area contributed by atoms with Crippen molar-refractivity contribution in [1.29, 1.82) is 0 Å². The average Bonchev–Trinajstić information content (AvgIpc) is 2.36. The predicted octanol–water partition coefficient (Wildman–Crippen LogP) is 0.399. The van der Waals surface area contributed by atoms with Gasteiger partial charge in [0.15, 0.2) is 0 Å². The Hall–Kier alpha value is -1.95. The standard InChI is InChI=1S/C12H15N3O3/c1-2-13-12-9(4-3-5-14-12)6-15-10(16)7-18-8-11(15)17/h3-5H,2,6-8H2,1H3,(H,13,14). The van der Waals surface area contributed by atoms with Crippen LogP contribution in [0.3, 0.4) is 0 Å². The molecular formula is C12H15N3O3. The number of nitrogens with zero attached hydrogens (tertiary/aromatic N) is 2. The Morgan fingerprint density at radius 1 is 1.39 bits per heavy atom. The van der Waals surface area contributed by atoms with Crippen LogP contribution in [-0.4, -0.2) is 41.5 Å². The van der Waals surface area contributed by atoms with Crippen molar-refractivity contribution in [3.05, 3.63) is 23.9 Å². The number of imide groups is 1. The molecule has 0 atom stereocenters. The molecule has 0 saturated carbocycles. The minimum absolute atomic E-state index is 0.0391. The number of nitrogens with one attached hydrogen (secondary N) is 1. The number of rotatable bonds is 4. The van der Waals surface area contributed by atoms with Crippen molar-refractivity contribution in [2.75, 3.05) is 25.1 Å². The van der Waals surface area contributed by atoms with Gasteiger partial charge in [-0.3, -0.25) is 14.5 Å². The summed E-state index contributed by atoms with van der Waals surface area (Å²) in [7, 11) is 0. The van der Waals surface area contributed by atoms with Gasteiger partial charge < -0.3 is 10.1 Å². The van der Waals surface area contributed by atoms with Crippen molar-refractivity contribution in [2.45, 2.75) is 13.5 Å². The van der Waals surface area contributed by atoms with E-state index in [0.29, 0.717) is 5.82 Å². The fraction of sp³-hybridized carbons (Fsp3) is 0.417. The molecule has 0 spiro atoms. The minimum Gasteiger partial charge on any atom is -0.370 e. The first-order chi connectivity index (χ1) is 8.72. The lowest BCUT2D eigenvalue weighted by molar-refractivity contribution is -0.159. The van der Waals surface area contributed by atoms with Gasteiger partial charge in [0, 0.05) is 18.3 Å². The topological polar surface area (TPSA) is 71.5 Å². The van der Waals surface area contributed by atoms with Crippen LogP contribution in [0.4, 0.5) is 5.82 Å². The largest absolute Gasteiger partial charge is 0.370 e. The number of ether oxygens (including phenoxy) is 1. The number of pyridine rings is 1. The maximum absolute atomic E-state index is 11.6. The molecule has 1 aromatic rings. The van der Waals surface area contributed by atoms with Crippen molar-refractivity contribution < 1.29 is 14.3 Å². The molecule has 0 radical (unpaired) electrons. The third-order valence-electron chi connectivity index (χ3n) is 2.62. The van der Waals surface area contributed by atoms with Crippen molar-refractivity contribution >= 4 is 17.6 Å². The zero-order chi connectivity index (χ0) is 13.0. The Morgan fingerprint density at radius 2 is 2.11 bits per heavy atom. The van der Waals surface area contributed by atoms with Crippen LogP contribution in [0.25, 0.3) is 0 Å². The van der Waals surface area contributed by atoms with E-state index in [1.807, 2.05) is 13.0 Å². The lowest BCUT2D eigenvalue weighted by Crippen LogP contribution is -2.45. The van der Waals surface area contributed by atoms with Gasteiger partial charge in [-0.2, -0.15) is 0 Å². The molecule has 0 aliphatic carbocycles. The quantitative estimate of drug-likeness (QED) is 0.782. The molecule has 0 bridgehead atoms. The number of carbonyl (C=O) groups is 2. The molecule has 96 valence electrons. The van der Waals surface area contributed by atoms with Gasteiger partial charge in [-0.1, -0.05) is 6.07 Å². The van der Waals surface area contributed by atoms with Crippen LogP contribution >= 0.6 is 0 Å².